The maximum atomic E-state index is 8.65. The summed E-state index contributed by atoms with van der Waals surface area (Å²) in [7, 11) is 2.02. The molecule has 0 aliphatic carbocycles. The second-order valence-corrected chi connectivity index (χ2v) is 9.76. The van der Waals surface area contributed by atoms with Gasteiger partial charge in [0.1, 0.15) is 13.2 Å². The van der Waals surface area contributed by atoms with Crippen molar-refractivity contribution in [2.24, 2.45) is 7.05 Å². The molecular formula is C31H32BNOS. The Balaban J connectivity index is 0.000000243. The van der Waals surface area contributed by atoms with Crippen molar-refractivity contribution in [3.8, 4) is 0 Å². The van der Waals surface area contributed by atoms with Gasteiger partial charge in [0.15, 0.2) is 5.69 Å². The van der Waals surface area contributed by atoms with Crippen molar-refractivity contribution in [2.45, 2.75) is 13.3 Å². The first-order valence-electron chi connectivity index (χ1n) is 12.1. The Morgan fingerprint density at radius 2 is 0.971 bits per heavy atom. The summed E-state index contributed by atoms with van der Waals surface area (Å²) in [5.74, 6) is 0. The van der Waals surface area contributed by atoms with Gasteiger partial charge in [-0.15, -0.1) is 0 Å². The lowest BCUT2D eigenvalue weighted by Gasteiger charge is -2.44. The van der Waals surface area contributed by atoms with Gasteiger partial charge in [0, 0.05) is 20.0 Å². The number of benzene rings is 4. The van der Waals surface area contributed by atoms with Gasteiger partial charge in [-0.3, -0.25) is 0 Å². The smallest absolute Gasteiger partial charge is 0.224 e. The molecule has 1 N–H and O–H groups in total. The highest BCUT2D eigenvalue weighted by Gasteiger charge is 2.31. The summed E-state index contributed by atoms with van der Waals surface area (Å²) >= 11 is 1.70. The topological polar surface area (TPSA) is 24.1 Å². The lowest BCUT2D eigenvalue weighted by molar-refractivity contribution is -0.673. The Bertz CT molecular complexity index is 1140. The molecule has 5 rings (SSSR count). The molecule has 0 saturated carbocycles. The van der Waals surface area contributed by atoms with Crippen LogP contribution in [0.2, 0.25) is 0 Å². The van der Waals surface area contributed by atoms with E-state index in [1.54, 1.807) is 11.3 Å². The van der Waals surface area contributed by atoms with E-state index in [4.69, 9.17) is 5.11 Å². The third-order valence-electron chi connectivity index (χ3n) is 6.82. The lowest BCUT2D eigenvalue weighted by Crippen LogP contribution is -2.74. The van der Waals surface area contributed by atoms with Gasteiger partial charge in [0.05, 0.1) is 4.88 Å². The second-order valence-electron chi connectivity index (χ2n) is 8.83. The van der Waals surface area contributed by atoms with Crippen LogP contribution < -0.4 is 26.4 Å². The third-order valence-corrected chi connectivity index (χ3v) is 8.03. The van der Waals surface area contributed by atoms with Gasteiger partial charge in [-0.25, -0.2) is 0 Å². The minimum atomic E-state index is -1.22. The third kappa shape index (κ3) is 5.29. The minimum Gasteiger partial charge on any atom is -0.396 e. The Morgan fingerprint density at radius 3 is 1.23 bits per heavy atom. The highest BCUT2D eigenvalue weighted by molar-refractivity contribution is 7.19. The Labute approximate surface area is 213 Å². The van der Waals surface area contributed by atoms with Crippen molar-refractivity contribution in [1.82, 2.24) is 0 Å². The number of aryl methyl sites for hydroxylation is 1. The van der Waals surface area contributed by atoms with Crippen molar-refractivity contribution in [2.75, 3.05) is 6.61 Å². The highest BCUT2D eigenvalue weighted by atomic mass is 32.1. The van der Waals surface area contributed by atoms with Crippen LogP contribution in [0.4, 0.5) is 0 Å². The molecule has 5 aromatic rings. The van der Waals surface area contributed by atoms with Crippen LogP contribution in [0.25, 0.3) is 0 Å². The number of nitrogens with zero attached hydrogens (tertiary/aromatic N) is 1. The van der Waals surface area contributed by atoms with Crippen LogP contribution in [0.15, 0.2) is 127 Å². The van der Waals surface area contributed by atoms with Gasteiger partial charge >= 0.3 is 0 Å². The van der Waals surface area contributed by atoms with Crippen LogP contribution in [0.3, 0.4) is 0 Å². The molecule has 1 aromatic heterocycles. The van der Waals surface area contributed by atoms with Gasteiger partial charge in [0.25, 0.3) is 0 Å². The van der Waals surface area contributed by atoms with Gasteiger partial charge in [0.2, 0.25) is 5.51 Å². The quantitative estimate of drug-likeness (QED) is 0.294. The van der Waals surface area contributed by atoms with Crippen molar-refractivity contribution in [1.29, 1.82) is 0 Å². The molecule has 0 atom stereocenters. The number of hydrogen-bond donors (Lipinski definition) is 1. The molecule has 2 nitrogen and oxygen atoms in total. The number of hydrogen-bond acceptors (Lipinski definition) is 2. The lowest BCUT2D eigenvalue weighted by atomic mass is 9.13. The molecule has 0 unspecified atom stereocenters. The summed E-state index contributed by atoms with van der Waals surface area (Å²) < 4.78 is 2.08. The molecule has 0 spiro atoms. The summed E-state index contributed by atoms with van der Waals surface area (Å²) in [6, 6.07) is 43.5. The molecule has 35 heavy (non-hydrogen) atoms. The first kappa shape index (κ1) is 24.7. The molecule has 4 heteroatoms. The Morgan fingerprint density at radius 1 is 0.629 bits per heavy atom. The normalized spacial score (nSPS) is 10.9. The fourth-order valence-corrected chi connectivity index (χ4v) is 5.93. The predicted octanol–water partition coefficient (Wildman–Crippen LogP) is 3.48. The number of aliphatic hydroxyl groups is 1. The van der Waals surface area contributed by atoms with E-state index in [0.29, 0.717) is 0 Å². The van der Waals surface area contributed by atoms with E-state index in [2.05, 4.69) is 138 Å². The zero-order valence-corrected chi connectivity index (χ0v) is 21.2. The van der Waals surface area contributed by atoms with E-state index in [1.165, 1.54) is 32.4 Å². The van der Waals surface area contributed by atoms with Crippen molar-refractivity contribution in [3.05, 3.63) is 137 Å². The molecule has 1 heterocycles. The fraction of sp³-hybridized carbons (Fsp3) is 0.129. The molecule has 0 aliphatic rings. The largest absolute Gasteiger partial charge is 0.396 e. The van der Waals surface area contributed by atoms with Crippen LogP contribution in [-0.4, -0.2) is 17.9 Å². The molecule has 0 amide bonds. The SMILES string of the molecule is Cc1c(CCO)sc[n+]1C.c1ccc([B-](c2ccccc2)(c2ccccc2)c2ccccc2)cc1. The average molecular weight is 477 g/mol. The van der Waals surface area contributed by atoms with E-state index in [9.17, 15) is 0 Å². The van der Waals surface area contributed by atoms with Gasteiger partial charge in [-0.1, -0.05) is 133 Å². The molecule has 4 aromatic carbocycles. The van der Waals surface area contributed by atoms with Crippen LogP contribution in [-0.2, 0) is 13.5 Å². The molecule has 0 fully saturated rings. The van der Waals surface area contributed by atoms with E-state index >= 15 is 0 Å². The van der Waals surface area contributed by atoms with Gasteiger partial charge < -0.3 is 5.11 Å². The average Bonchev–Trinajstić information content (AvgIpc) is 3.25. The summed E-state index contributed by atoms with van der Waals surface area (Å²) in [5, 5.41) is 8.65. The molecule has 0 saturated heterocycles. The monoisotopic (exact) mass is 477 g/mol. The maximum Gasteiger partial charge on any atom is 0.224 e. The van der Waals surface area contributed by atoms with Crippen LogP contribution in [0.5, 0.6) is 0 Å². The standard InChI is InChI=1S/C24H20B.C7H12NOS/c1-5-13-21(14-6-1)25(22-15-7-2-8-16-22,23-17-9-3-10-18-23)24-19-11-4-12-20-24;1-6-7(3-4-9)10-5-8(6)2/h1-20H;5,9H,3-4H2,1-2H3/q-1;+1. The van der Waals surface area contributed by atoms with Crippen molar-refractivity contribution in [3.63, 3.8) is 0 Å². The maximum absolute atomic E-state index is 8.65. The van der Waals surface area contributed by atoms with E-state index < -0.39 is 6.15 Å². The predicted molar refractivity (Wildman–Crippen MR) is 151 cm³/mol. The van der Waals surface area contributed by atoms with E-state index in [1.807, 2.05) is 7.05 Å². The molecule has 0 bridgehead atoms. The summed E-state index contributed by atoms with van der Waals surface area (Å²) in [5.41, 5.74) is 8.67. The molecule has 0 radical (unpaired) electrons. The van der Waals surface area contributed by atoms with E-state index in [0.717, 1.165) is 6.42 Å². The summed E-state index contributed by atoms with van der Waals surface area (Å²) in [6.07, 6.45) is -0.427. The fourth-order valence-electron chi connectivity index (χ4n) is 4.97. The Hall–Kier alpha value is -3.47. The molecule has 176 valence electrons. The van der Waals surface area contributed by atoms with Crippen molar-refractivity contribution >= 4 is 39.3 Å². The highest BCUT2D eigenvalue weighted by Crippen LogP contribution is 2.10. The number of thiazole rings is 1. The van der Waals surface area contributed by atoms with Crippen LogP contribution in [0.1, 0.15) is 10.6 Å². The van der Waals surface area contributed by atoms with Gasteiger partial charge in [-0.05, 0) is 0 Å². The first-order chi connectivity index (χ1) is 17.2. The van der Waals surface area contributed by atoms with Crippen LogP contribution in [0, 0.1) is 6.92 Å². The molecule has 0 aliphatic heterocycles. The summed E-state index contributed by atoms with van der Waals surface area (Å²) in [6.45, 7) is 2.32. The van der Waals surface area contributed by atoms with E-state index in [-0.39, 0.29) is 6.61 Å². The first-order valence-corrected chi connectivity index (χ1v) is 13.0. The zero-order chi connectivity index (χ0) is 24.5. The summed E-state index contributed by atoms with van der Waals surface area (Å²) in [4.78, 5) is 1.28. The van der Waals surface area contributed by atoms with Crippen LogP contribution >= 0.6 is 11.3 Å². The number of aromatic nitrogens is 1. The van der Waals surface area contributed by atoms with Crippen molar-refractivity contribution < 1.29 is 9.67 Å². The second kappa shape index (κ2) is 11.8. The number of aliphatic hydroxyl groups excluding tert-OH is 1. The van der Waals surface area contributed by atoms with Gasteiger partial charge in [-0.2, -0.15) is 26.4 Å². The zero-order valence-electron chi connectivity index (χ0n) is 20.4. The minimum absolute atomic E-state index is 0.251. The number of rotatable bonds is 6. The Kier molecular flexibility index (Phi) is 8.30. The molecular weight excluding hydrogens is 445 g/mol.